The first-order valence-electron chi connectivity index (χ1n) is 7.90. The first-order chi connectivity index (χ1) is 12.3. The molecule has 0 heterocycles. The molecule has 1 amide bonds. The van der Waals surface area contributed by atoms with Gasteiger partial charge in [0.15, 0.2) is 18.1 Å². The van der Waals surface area contributed by atoms with Crippen LogP contribution in [-0.2, 0) is 14.3 Å². The third kappa shape index (κ3) is 6.41. The number of esters is 1. The van der Waals surface area contributed by atoms with E-state index in [-0.39, 0.29) is 24.8 Å². The number of carbonyl (C=O) groups excluding carboxylic acids is 2. The Balaban J connectivity index is 3.11. The zero-order valence-electron chi connectivity index (χ0n) is 15.1. The number of methoxy groups -OCH3 is 1. The van der Waals surface area contributed by atoms with E-state index in [4.69, 9.17) is 14.2 Å². The van der Waals surface area contributed by atoms with E-state index in [1.54, 1.807) is 19.1 Å². The predicted octanol–water partition coefficient (Wildman–Crippen LogP) is 2.83. The van der Waals surface area contributed by atoms with Crippen molar-refractivity contribution in [1.29, 1.82) is 5.26 Å². The second kappa shape index (κ2) is 10.5. The van der Waals surface area contributed by atoms with Crippen LogP contribution in [-0.4, -0.2) is 38.2 Å². The predicted molar refractivity (Wildman–Crippen MR) is 99.7 cm³/mol. The van der Waals surface area contributed by atoms with Gasteiger partial charge in [0.2, 0.25) is 0 Å². The minimum Gasteiger partial charge on any atom is -0.493 e. The van der Waals surface area contributed by atoms with Crippen molar-refractivity contribution in [2.45, 2.75) is 26.8 Å². The van der Waals surface area contributed by atoms with Gasteiger partial charge in [0, 0.05) is 6.04 Å². The molecule has 0 saturated heterocycles. The van der Waals surface area contributed by atoms with E-state index >= 15 is 0 Å². The number of ether oxygens (including phenoxy) is 3. The zero-order valence-corrected chi connectivity index (χ0v) is 16.7. The molecule has 140 valence electrons. The monoisotopic (exact) mass is 424 g/mol. The number of rotatable bonds is 8. The summed E-state index contributed by atoms with van der Waals surface area (Å²) in [6.07, 6.45) is 1.44. The normalized spacial score (nSPS) is 10.9. The van der Waals surface area contributed by atoms with E-state index in [0.29, 0.717) is 21.5 Å². The highest BCUT2D eigenvalue weighted by molar-refractivity contribution is 9.10. The van der Waals surface area contributed by atoms with Crippen LogP contribution in [0.5, 0.6) is 11.5 Å². The van der Waals surface area contributed by atoms with Crippen molar-refractivity contribution >= 4 is 33.9 Å². The minimum absolute atomic E-state index is 0.0344. The molecule has 0 aliphatic rings. The first-order valence-corrected chi connectivity index (χ1v) is 8.70. The van der Waals surface area contributed by atoms with E-state index < -0.39 is 11.9 Å². The molecule has 0 saturated carbocycles. The fraction of sp³-hybridized carbons (Fsp3) is 0.389. The minimum atomic E-state index is -0.498. The Labute approximate surface area is 161 Å². The van der Waals surface area contributed by atoms with Crippen molar-refractivity contribution in [2.75, 3.05) is 20.3 Å². The summed E-state index contributed by atoms with van der Waals surface area (Å²) >= 11 is 3.35. The van der Waals surface area contributed by atoms with Crippen molar-refractivity contribution < 1.29 is 23.8 Å². The fourth-order valence-corrected chi connectivity index (χ4v) is 2.53. The van der Waals surface area contributed by atoms with Gasteiger partial charge < -0.3 is 19.5 Å². The Morgan fingerprint density at radius 2 is 2.08 bits per heavy atom. The van der Waals surface area contributed by atoms with Crippen LogP contribution in [0.4, 0.5) is 0 Å². The van der Waals surface area contributed by atoms with Gasteiger partial charge in [-0.25, -0.2) is 4.79 Å². The van der Waals surface area contributed by atoms with Gasteiger partial charge in [0.25, 0.3) is 5.91 Å². The Morgan fingerprint density at radius 3 is 2.62 bits per heavy atom. The average Bonchev–Trinajstić information content (AvgIpc) is 2.57. The lowest BCUT2D eigenvalue weighted by Crippen LogP contribution is -2.30. The van der Waals surface area contributed by atoms with E-state index in [9.17, 15) is 14.9 Å². The number of hydrogen-bond donors (Lipinski definition) is 1. The largest absolute Gasteiger partial charge is 0.493 e. The Morgan fingerprint density at radius 1 is 1.38 bits per heavy atom. The molecule has 8 heteroatoms. The lowest BCUT2D eigenvalue weighted by Gasteiger charge is -2.13. The van der Waals surface area contributed by atoms with Gasteiger partial charge in [-0.3, -0.25) is 4.79 Å². The fourth-order valence-electron chi connectivity index (χ4n) is 1.95. The summed E-state index contributed by atoms with van der Waals surface area (Å²) in [6.45, 7) is 5.32. The summed E-state index contributed by atoms with van der Waals surface area (Å²) in [6, 6.07) is 5.06. The third-order valence-electron chi connectivity index (χ3n) is 2.99. The molecule has 0 fully saturated rings. The number of amides is 1. The van der Waals surface area contributed by atoms with Crippen LogP contribution < -0.4 is 14.8 Å². The lowest BCUT2D eigenvalue weighted by atomic mass is 10.1. The van der Waals surface area contributed by atoms with Crippen LogP contribution in [0.2, 0.25) is 0 Å². The lowest BCUT2D eigenvalue weighted by molar-refractivity contribution is -0.145. The highest BCUT2D eigenvalue weighted by Crippen LogP contribution is 2.37. The summed E-state index contributed by atoms with van der Waals surface area (Å²) < 4.78 is 16.1. The standard InChI is InChI=1S/C18H21BrN2O5/c1-5-25-16(22)10-26-17-14(19)7-12(8-15(17)24-4)6-13(9-20)18(23)21-11(2)3/h6-8,11H,5,10H2,1-4H3,(H,21,23)/b13-6-. The van der Waals surface area contributed by atoms with Gasteiger partial charge >= 0.3 is 5.97 Å². The highest BCUT2D eigenvalue weighted by atomic mass is 79.9. The highest BCUT2D eigenvalue weighted by Gasteiger charge is 2.15. The molecule has 0 bridgehead atoms. The quantitative estimate of drug-likeness (QED) is 0.391. The SMILES string of the molecule is CCOC(=O)COc1c(Br)cc(/C=C(/C#N)C(=O)NC(C)C)cc1OC. The van der Waals surface area contributed by atoms with Crippen molar-refractivity contribution in [3.63, 3.8) is 0 Å². The maximum Gasteiger partial charge on any atom is 0.344 e. The van der Waals surface area contributed by atoms with Crippen LogP contribution in [0, 0.1) is 11.3 Å². The maximum absolute atomic E-state index is 12.0. The molecule has 0 aliphatic heterocycles. The zero-order chi connectivity index (χ0) is 19.7. The number of nitriles is 1. The summed E-state index contributed by atoms with van der Waals surface area (Å²) in [7, 11) is 1.45. The van der Waals surface area contributed by atoms with Gasteiger partial charge in [-0.1, -0.05) is 0 Å². The molecule has 0 unspecified atom stereocenters. The van der Waals surface area contributed by atoms with Gasteiger partial charge in [0.05, 0.1) is 18.2 Å². The van der Waals surface area contributed by atoms with Gasteiger partial charge in [-0.15, -0.1) is 0 Å². The molecule has 1 N–H and O–H groups in total. The molecule has 0 atom stereocenters. The summed E-state index contributed by atoms with van der Waals surface area (Å²) in [5, 5.41) is 11.9. The van der Waals surface area contributed by atoms with E-state index in [1.165, 1.54) is 13.2 Å². The van der Waals surface area contributed by atoms with Gasteiger partial charge in [-0.2, -0.15) is 5.26 Å². The van der Waals surface area contributed by atoms with E-state index in [2.05, 4.69) is 21.2 Å². The maximum atomic E-state index is 12.0. The van der Waals surface area contributed by atoms with Gasteiger partial charge in [-0.05, 0) is 60.5 Å². The number of benzene rings is 1. The molecule has 0 aromatic heterocycles. The smallest absolute Gasteiger partial charge is 0.344 e. The topological polar surface area (TPSA) is 97.7 Å². The van der Waals surface area contributed by atoms with Crippen LogP contribution in [0.1, 0.15) is 26.3 Å². The number of nitrogens with one attached hydrogen (secondary N) is 1. The molecule has 1 aromatic rings. The molecule has 1 aromatic carbocycles. The number of halogens is 1. The molecular weight excluding hydrogens is 404 g/mol. The summed E-state index contributed by atoms with van der Waals surface area (Å²) in [5.74, 6) is -0.290. The molecule has 26 heavy (non-hydrogen) atoms. The molecule has 0 spiro atoms. The van der Waals surface area contributed by atoms with Gasteiger partial charge in [0.1, 0.15) is 11.6 Å². The van der Waals surface area contributed by atoms with Crippen LogP contribution in [0.15, 0.2) is 22.2 Å². The molecule has 0 radical (unpaired) electrons. The number of nitrogens with zero attached hydrogens (tertiary/aromatic N) is 1. The average molecular weight is 425 g/mol. The second-order valence-electron chi connectivity index (χ2n) is 5.43. The Hall–Kier alpha value is -2.53. The molecule has 1 rings (SSSR count). The number of carbonyl (C=O) groups is 2. The second-order valence-corrected chi connectivity index (χ2v) is 6.28. The van der Waals surface area contributed by atoms with E-state index in [0.717, 1.165) is 0 Å². The summed E-state index contributed by atoms with van der Waals surface area (Å²) in [5.41, 5.74) is 0.528. The van der Waals surface area contributed by atoms with E-state index in [1.807, 2.05) is 19.9 Å². The van der Waals surface area contributed by atoms with Crippen LogP contribution in [0.25, 0.3) is 6.08 Å². The van der Waals surface area contributed by atoms with Crippen LogP contribution in [0.3, 0.4) is 0 Å². The number of hydrogen-bond acceptors (Lipinski definition) is 6. The van der Waals surface area contributed by atoms with Crippen molar-refractivity contribution in [3.8, 4) is 17.6 Å². The molecule has 0 aliphatic carbocycles. The Kier molecular flexibility index (Phi) is 8.65. The molecular formula is C18H21BrN2O5. The van der Waals surface area contributed by atoms with Crippen molar-refractivity contribution in [2.24, 2.45) is 0 Å². The van der Waals surface area contributed by atoms with Crippen molar-refractivity contribution in [1.82, 2.24) is 5.32 Å². The first kappa shape index (κ1) is 21.5. The third-order valence-corrected chi connectivity index (χ3v) is 3.58. The molecule has 7 nitrogen and oxygen atoms in total. The Bertz CT molecular complexity index is 738. The van der Waals surface area contributed by atoms with Crippen LogP contribution >= 0.6 is 15.9 Å². The summed E-state index contributed by atoms with van der Waals surface area (Å²) in [4.78, 5) is 23.5. The van der Waals surface area contributed by atoms with Crippen molar-refractivity contribution in [3.05, 3.63) is 27.7 Å².